The molecule has 1 aromatic heterocycles. The van der Waals surface area contributed by atoms with Gasteiger partial charge in [-0.2, -0.15) is 0 Å². The van der Waals surface area contributed by atoms with Crippen molar-refractivity contribution < 1.29 is 10.2 Å². The van der Waals surface area contributed by atoms with Crippen molar-refractivity contribution in [2.24, 2.45) is 0 Å². The van der Waals surface area contributed by atoms with Crippen LogP contribution in [-0.2, 0) is 0 Å². The zero-order valence-corrected chi connectivity index (χ0v) is 7.72. The second kappa shape index (κ2) is 4.94. The van der Waals surface area contributed by atoms with Crippen LogP contribution in [0, 0.1) is 0 Å². The number of aliphatic hydroxyl groups is 2. The van der Waals surface area contributed by atoms with Crippen molar-refractivity contribution in [3.63, 3.8) is 0 Å². The molecule has 0 spiro atoms. The van der Waals surface area contributed by atoms with Gasteiger partial charge in [-0.25, -0.2) is 0 Å². The molecular formula is C10H15NO2. The normalized spacial score (nSPS) is 15.3. The fourth-order valence-corrected chi connectivity index (χ4v) is 1.29. The largest absolute Gasteiger partial charge is 0.394 e. The molecule has 2 unspecified atom stereocenters. The molecule has 3 heteroatoms. The first-order chi connectivity index (χ1) is 6.24. The molecule has 0 aromatic carbocycles. The van der Waals surface area contributed by atoms with Gasteiger partial charge in [-0.15, -0.1) is 0 Å². The summed E-state index contributed by atoms with van der Waals surface area (Å²) in [5, 5.41) is 17.9. The molecule has 0 fully saturated rings. The van der Waals surface area contributed by atoms with Crippen LogP contribution < -0.4 is 0 Å². The Labute approximate surface area is 78.1 Å². The van der Waals surface area contributed by atoms with Gasteiger partial charge in [-0.05, 0) is 24.0 Å². The van der Waals surface area contributed by atoms with Crippen molar-refractivity contribution in [1.29, 1.82) is 0 Å². The molecule has 0 saturated carbocycles. The van der Waals surface area contributed by atoms with Gasteiger partial charge in [-0.3, -0.25) is 4.98 Å². The van der Waals surface area contributed by atoms with E-state index in [-0.39, 0.29) is 12.5 Å². The summed E-state index contributed by atoms with van der Waals surface area (Å²) < 4.78 is 0. The van der Waals surface area contributed by atoms with Crippen molar-refractivity contribution >= 4 is 0 Å². The van der Waals surface area contributed by atoms with Crippen LogP contribution in [0.25, 0.3) is 0 Å². The maximum atomic E-state index is 9.22. The van der Waals surface area contributed by atoms with Gasteiger partial charge >= 0.3 is 0 Å². The van der Waals surface area contributed by atoms with Gasteiger partial charge in [0.05, 0.1) is 12.7 Å². The number of pyridine rings is 1. The van der Waals surface area contributed by atoms with Crippen LogP contribution in [0.4, 0.5) is 0 Å². The van der Waals surface area contributed by atoms with Crippen molar-refractivity contribution in [1.82, 2.24) is 4.98 Å². The number of rotatable bonds is 4. The highest BCUT2D eigenvalue weighted by atomic mass is 16.3. The molecule has 0 saturated heterocycles. The summed E-state index contributed by atoms with van der Waals surface area (Å²) >= 11 is 0. The zero-order valence-electron chi connectivity index (χ0n) is 7.72. The van der Waals surface area contributed by atoms with E-state index in [9.17, 15) is 5.11 Å². The summed E-state index contributed by atoms with van der Waals surface area (Å²) in [5.74, 6) is 0.232. The molecule has 2 atom stereocenters. The van der Waals surface area contributed by atoms with Crippen molar-refractivity contribution in [3.8, 4) is 0 Å². The van der Waals surface area contributed by atoms with E-state index < -0.39 is 6.10 Å². The number of hydrogen-bond acceptors (Lipinski definition) is 3. The highest BCUT2D eigenvalue weighted by molar-refractivity contribution is 5.13. The summed E-state index contributed by atoms with van der Waals surface area (Å²) in [4.78, 5) is 3.99. The molecule has 3 nitrogen and oxygen atoms in total. The van der Waals surface area contributed by atoms with Crippen molar-refractivity contribution in [2.45, 2.75) is 25.4 Å². The molecule has 1 rings (SSSR count). The van der Waals surface area contributed by atoms with E-state index in [2.05, 4.69) is 4.98 Å². The molecule has 2 N–H and O–H groups in total. The van der Waals surface area contributed by atoms with E-state index in [1.54, 1.807) is 12.4 Å². The average molecular weight is 181 g/mol. The number of hydrogen-bond donors (Lipinski definition) is 2. The van der Waals surface area contributed by atoms with Crippen LogP contribution in [0.15, 0.2) is 24.5 Å². The van der Waals surface area contributed by atoms with Gasteiger partial charge in [0, 0.05) is 12.4 Å². The third kappa shape index (κ3) is 3.13. The Morgan fingerprint density at radius 3 is 2.85 bits per heavy atom. The van der Waals surface area contributed by atoms with Crippen LogP contribution in [0.2, 0.25) is 0 Å². The van der Waals surface area contributed by atoms with E-state index in [4.69, 9.17) is 5.11 Å². The summed E-state index contributed by atoms with van der Waals surface area (Å²) in [6.45, 7) is 1.83. The summed E-state index contributed by atoms with van der Waals surface area (Å²) in [6.07, 6.45) is 3.45. The van der Waals surface area contributed by atoms with Gasteiger partial charge in [0.25, 0.3) is 0 Å². The third-order valence-electron chi connectivity index (χ3n) is 2.09. The minimum atomic E-state index is -0.629. The van der Waals surface area contributed by atoms with Gasteiger partial charge in [-0.1, -0.05) is 13.0 Å². The van der Waals surface area contributed by atoms with Gasteiger partial charge in [0.15, 0.2) is 0 Å². The smallest absolute Gasteiger partial charge is 0.0776 e. The Morgan fingerprint density at radius 2 is 2.31 bits per heavy atom. The molecule has 0 radical (unpaired) electrons. The first-order valence-corrected chi connectivity index (χ1v) is 4.43. The van der Waals surface area contributed by atoms with Gasteiger partial charge < -0.3 is 10.2 Å². The van der Waals surface area contributed by atoms with Crippen molar-refractivity contribution in [3.05, 3.63) is 30.1 Å². The molecule has 0 aliphatic rings. The minimum Gasteiger partial charge on any atom is -0.394 e. The predicted octanol–water partition coefficient (Wildman–Crippen LogP) is 0.928. The molecule has 0 bridgehead atoms. The van der Waals surface area contributed by atoms with Crippen LogP contribution in [0.1, 0.15) is 24.8 Å². The number of nitrogens with zero attached hydrogens (tertiary/aromatic N) is 1. The van der Waals surface area contributed by atoms with Crippen LogP contribution in [0.3, 0.4) is 0 Å². The SMILES string of the molecule is CC(CC(O)CO)c1cccnc1. The van der Waals surface area contributed by atoms with Gasteiger partial charge in [0.1, 0.15) is 0 Å². The topological polar surface area (TPSA) is 53.4 Å². The van der Waals surface area contributed by atoms with Crippen molar-refractivity contribution in [2.75, 3.05) is 6.61 Å². The average Bonchev–Trinajstić information content (AvgIpc) is 2.19. The lowest BCUT2D eigenvalue weighted by atomic mass is 9.97. The maximum absolute atomic E-state index is 9.22. The standard InChI is InChI=1S/C10H15NO2/c1-8(5-10(13)7-12)9-3-2-4-11-6-9/h2-4,6,8,10,12-13H,5,7H2,1H3. The molecular weight excluding hydrogens is 166 g/mol. The monoisotopic (exact) mass is 181 g/mol. The van der Waals surface area contributed by atoms with E-state index in [0.29, 0.717) is 6.42 Å². The Morgan fingerprint density at radius 1 is 1.54 bits per heavy atom. The fraction of sp³-hybridized carbons (Fsp3) is 0.500. The van der Waals surface area contributed by atoms with Crippen LogP contribution in [0.5, 0.6) is 0 Å². The first-order valence-electron chi connectivity index (χ1n) is 4.43. The Kier molecular flexibility index (Phi) is 3.86. The highest BCUT2D eigenvalue weighted by Crippen LogP contribution is 2.18. The highest BCUT2D eigenvalue weighted by Gasteiger charge is 2.10. The second-order valence-corrected chi connectivity index (χ2v) is 3.26. The predicted molar refractivity (Wildman–Crippen MR) is 50.4 cm³/mol. The Balaban J connectivity index is 2.53. The number of aliphatic hydroxyl groups excluding tert-OH is 2. The third-order valence-corrected chi connectivity index (χ3v) is 2.09. The van der Waals surface area contributed by atoms with Gasteiger partial charge in [0.2, 0.25) is 0 Å². The minimum absolute atomic E-state index is 0.176. The van der Waals surface area contributed by atoms with E-state index >= 15 is 0 Å². The van der Waals surface area contributed by atoms with E-state index in [1.807, 2.05) is 19.1 Å². The molecule has 1 heterocycles. The molecule has 72 valence electrons. The summed E-state index contributed by atoms with van der Waals surface area (Å²) in [5.41, 5.74) is 1.09. The van der Waals surface area contributed by atoms with Crippen LogP contribution >= 0.6 is 0 Å². The lowest BCUT2D eigenvalue weighted by molar-refractivity contribution is 0.0835. The lowest BCUT2D eigenvalue weighted by Crippen LogP contribution is -2.15. The molecule has 13 heavy (non-hydrogen) atoms. The second-order valence-electron chi connectivity index (χ2n) is 3.26. The molecule has 0 aliphatic carbocycles. The maximum Gasteiger partial charge on any atom is 0.0776 e. The quantitative estimate of drug-likeness (QED) is 0.726. The first kappa shape index (κ1) is 10.2. The number of aromatic nitrogens is 1. The van der Waals surface area contributed by atoms with E-state index in [0.717, 1.165) is 5.56 Å². The Bertz CT molecular complexity index is 238. The Hall–Kier alpha value is -0.930. The van der Waals surface area contributed by atoms with Crippen LogP contribution in [-0.4, -0.2) is 27.9 Å². The van der Waals surface area contributed by atoms with E-state index in [1.165, 1.54) is 0 Å². The summed E-state index contributed by atoms with van der Waals surface area (Å²) in [6, 6.07) is 3.85. The molecule has 0 aliphatic heterocycles. The zero-order chi connectivity index (χ0) is 9.68. The lowest BCUT2D eigenvalue weighted by Gasteiger charge is -2.14. The fourth-order valence-electron chi connectivity index (χ4n) is 1.29. The molecule has 0 amide bonds. The molecule has 1 aromatic rings. The summed E-state index contributed by atoms with van der Waals surface area (Å²) in [7, 11) is 0.